The largest absolute Gasteiger partial charge is 0.433 e. The number of alkyl halides is 3. The van der Waals surface area contributed by atoms with Crippen LogP contribution in [0.3, 0.4) is 0 Å². The van der Waals surface area contributed by atoms with Gasteiger partial charge in [0.15, 0.2) is 5.65 Å². The maximum Gasteiger partial charge on any atom is 0.433 e. The van der Waals surface area contributed by atoms with E-state index in [1.807, 2.05) is 30.3 Å². The molecule has 0 saturated heterocycles. The van der Waals surface area contributed by atoms with Crippen molar-refractivity contribution in [3.8, 4) is 22.3 Å². The van der Waals surface area contributed by atoms with Gasteiger partial charge in [-0.3, -0.25) is 4.98 Å². The van der Waals surface area contributed by atoms with Crippen molar-refractivity contribution in [1.29, 1.82) is 0 Å². The highest BCUT2D eigenvalue weighted by Crippen LogP contribution is 2.35. The Labute approximate surface area is 207 Å². The van der Waals surface area contributed by atoms with E-state index >= 15 is 0 Å². The van der Waals surface area contributed by atoms with Gasteiger partial charge < -0.3 is 0 Å². The summed E-state index contributed by atoms with van der Waals surface area (Å²) in [7, 11) is 0. The third kappa shape index (κ3) is 4.54. The molecule has 0 unspecified atom stereocenters. The normalized spacial score (nSPS) is 11.8. The molecular formula is C25H15Cl2F3N4O. The summed E-state index contributed by atoms with van der Waals surface area (Å²) < 4.78 is 41.1. The second kappa shape index (κ2) is 8.87. The molecule has 3 aromatic heterocycles. The SMILES string of the molecule is O=c1n(Cc2ccc(C(F)(F)F)nc2)nc2c(-c3ccc(Cl)cc3)c(-c3ccc(Cl)cc3)ccn12. The first-order valence-corrected chi connectivity index (χ1v) is 11.1. The van der Waals surface area contributed by atoms with Gasteiger partial charge in [0.05, 0.1) is 6.54 Å². The summed E-state index contributed by atoms with van der Waals surface area (Å²) in [6.45, 7) is -0.0397. The lowest BCUT2D eigenvalue weighted by Gasteiger charge is -2.11. The molecule has 0 aliphatic rings. The smallest absolute Gasteiger partial charge is 0.251 e. The number of hydrogen-bond donors (Lipinski definition) is 0. The van der Waals surface area contributed by atoms with E-state index in [0.717, 1.165) is 29.0 Å². The minimum Gasteiger partial charge on any atom is -0.251 e. The molecule has 5 rings (SSSR count). The molecule has 0 amide bonds. The van der Waals surface area contributed by atoms with Crippen molar-refractivity contribution >= 4 is 28.8 Å². The third-order valence-electron chi connectivity index (χ3n) is 5.49. The summed E-state index contributed by atoms with van der Waals surface area (Å²) >= 11 is 12.1. The van der Waals surface area contributed by atoms with E-state index in [-0.39, 0.29) is 6.54 Å². The van der Waals surface area contributed by atoms with E-state index in [9.17, 15) is 18.0 Å². The van der Waals surface area contributed by atoms with Gasteiger partial charge in [-0.25, -0.2) is 13.9 Å². The number of hydrogen-bond acceptors (Lipinski definition) is 3. The number of fused-ring (bicyclic) bond motifs is 1. The van der Waals surface area contributed by atoms with Gasteiger partial charge in [-0.05, 0) is 58.7 Å². The predicted octanol–water partition coefficient (Wildman–Crippen LogP) is 6.60. The molecule has 0 aliphatic heterocycles. The standard InChI is InChI=1S/C25H15Cl2F3N4O/c26-18-6-2-16(3-7-18)20-11-12-33-23(22(20)17-4-8-19(27)9-5-17)32-34(24(33)35)14-15-1-10-21(31-13-15)25(28,29)30/h1-13H,14H2. The van der Waals surface area contributed by atoms with Crippen LogP contribution in [0.2, 0.25) is 10.0 Å². The minimum atomic E-state index is -4.54. The van der Waals surface area contributed by atoms with Gasteiger partial charge in [0.2, 0.25) is 0 Å². The molecule has 3 heterocycles. The summed E-state index contributed by atoms with van der Waals surface area (Å²) in [5, 5.41) is 5.69. The summed E-state index contributed by atoms with van der Waals surface area (Å²) in [5.74, 6) is 0. The van der Waals surface area contributed by atoms with E-state index in [1.54, 1.807) is 30.5 Å². The maximum atomic E-state index is 13.1. The number of nitrogens with zero attached hydrogens (tertiary/aromatic N) is 4. The maximum absolute atomic E-state index is 13.1. The number of benzene rings is 2. The van der Waals surface area contributed by atoms with Crippen molar-refractivity contribution in [2.45, 2.75) is 12.7 Å². The van der Waals surface area contributed by atoms with Gasteiger partial charge in [-0.15, -0.1) is 5.10 Å². The second-order valence-electron chi connectivity index (χ2n) is 7.80. The van der Waals surface area contributed by atoms with Crippen molar-refractivity contribution in [3.63, 3.8) is 0 Å². The van der Waals surface area contributed by atoms with Crippen LogP contribution in [-0.2, 0) is 12.7 Å². The number of aromatic nitrogens is 4. The summed E-state index contributed by atoms with van der Waals surface area (Å²) in [4.78, 5) is 16.6. The van der Waals surface area contributed by atoms with Gasteiger partial charge in [-0.2, -0.15) is 13.2 Å². The van der Waals surface area contributed by atoms with Crippen molar-refractivity contribution in [2.75, 3.05) is 0 Å². The van der Waals surface area contributed by atoms with Crippen molar-refractivity contribution < 1.29 is 13.2 Å². The van der Waals surface area contributed by atoms with Crippen LogP contribution < -0.4 is 5.69 Å². The molecule has 0 saturated carbocycles. The fraction of sp³-hybridized carbons (Fsp3) is 0.0800. The van der Waals surface area contributed by atoms with Crippen LogP contribution in [-0.4, -0.2) is 19.2 Å². The lowest BCUT2D eigenvalue weighted by molar-refractivity contribution is -0.141. The number of halogens is 5. The Bertz CT molecular complexity index is 1570. The average Bonchev–Trinajstić information content (AvgIpc) is 3.14. The summed E-state index contributed by atoms with van der Waals surface area (Å²) in [5.41, 5.74) is 2.56. The first-order valence-electron chi connectivity index (χ1n) is 10.4. The van der Waals surface area contributed by atoms with Crippen LogP contribution in [0.1, 0.15) is 11.3 Å². The van der Waals surface area contributed by atoms with Crippen molar-refractivity contribution in [2.24, 2.45) is 0 Å². The highest BCUT2D eigenvalue weighted by atomic mass is 35.5. The fourth-order valence-electron chi connectivity index (χ4n) is 3.81. The van der Waals surface area contributed by atoms with Crippen LogP contribution in [0.5, 0.6) is 0 Å². The molecule has 35 heavy (non-hydrogen) atoms. The second-order valence-corrected chi connectivity index (χ2v) is 8.67. The van der Waals surface area contributed by atoms with Crippen LogP contribution in [0.25, 0.3) is 27.9 Å². The molecule has 0 fully saturated rings. The molecular weight excluding hydrogens is 500 g/mol. The van der Waals surface area contributed by atoms with E-state index < -0.39 is 17.6 Å². The zero-order chi connectivity index (χ0) is 24.7. The molecule has 0 aliphatic carbocycles. The average molecular weight is 515 g/mol. The van der Waals surface area contributed by atoms with Gasteiger partial charge in [0, 0.05) is 28.0 Å². The Hall–Kier alpha value is -3.62. The molecule has 0 N–H and O–H groups in total. The third-order valence-corrected chi connectivity index (χ3v) is 5.99. The van der Waals surface area contributed by atoms with E-state index in [1.165, 1.54) is 15.1 Å². The Morgan fingerprint density at radius 1 is 0.829 bits per heavy atom. The topological polar surface area (TPSA) is 52.2 Å². The highest BCUT2D eigenvalue weighted by Gasteiger charge is 2.32. The monoisotopic (exact) mass is 514 g/mol. The van der Waals surface area contributed by atoms with Crippen LogP contribution in [0.4, 0.5) is 13.2 Å². The Balaban J connectivity index is 1.66. The van der Waals surface area contributed by atoms with Gasteiger partial charge in [-0.1, -0.05) is 53.5 Å². The summed E-state index contributed by atoms with van der Waals surface area (Å²) in [6.07, 6.45) is -1.82. The Kier molecular flexibility index (Phi) is 5.86. The van der Waals surface area contributed by atoms with Crippen molar-refractivity contribution in [1.82, 2.24) is 19.2 Å². The first kappa shape index (κ1) is 23.1. The number of pyridine rings is 2. The van der Waals surface area contributed by atoms with Crippen LogP contribution >= 0.6 is 23.2 Å². The van der Waals surface area contributed by atoms with Crippen LogP contribution in [0.15, 0.2) is 83.9 Å². The molecule has 0 atom stereocenters. The molecule has 0 radical (unpaired) electrons. The molecule has 176 valence electrons. The van der Waals surface area contributed by atoms with Gasteiger partial charge >= 0.3 is 11.9 Å². The quantitative estimate of drug-likeness (QED) is 0.271. The minimum absolute atomic E-state index is 0.0397. The fourth-order valence-corrected chi connectivity index (χ4v) is 4.06. The zero-order valence-corrected chi connectivity index (χ0v) is 19.3. The zero-order valence-electron chi connectivity index (χ0n) is 17.8. The Morgan fingerprint density at radius 3 is 2.03 bits per heavy atom. The molecule has 5 aromatic rings. The molecule has 5 nitrogen and oxygen atoms in total. The summed E-state index contributed by atoms with van der Waals surface area (Å²) in [6, 6.07) is 18.4. The van der Waals surface area contributed by atoms with Gasteiger partial charge in [0.1, 0.15) is 5.69 Å². The van der Waals surface area contributed by atoms with E-state index in [0.29, 0.717) is 26.8 Å². The molecule has 0 bridgehead atoms. The first-order chi connectivity index (χ1) is 16.7. The van der Waals surface area contributed by atoms with Crippen LogP contribution in [0, 0.1) is 0 Å². The van der Waals surface area contributed by atoms with E-state index in [4.69, 9.17) is 23.2 Å². The Morgan fingerprint density at radius 2 is 1.46 bits per heavy atom. The van der Waals surface area contributed by atoms with E-state index in [2.05, 4.69) is 10.1 Å². The lowest BCUT2D eigenvalue weighted by Crippen LogP contribution is -2.21. The highest BCUT2D eigenvalue weighted by molar-refractivity contribution is 6.31. The number of rotatable bonds is 4. The molecule has 2 aromatic carbocycles. The lowest BCUT2D eigenvalue weighted by atomic mass is 9.96. The predicted molar refractivity (Wildman–Crippen MR) is 129 cm³/mol. The molecule has 0 spiro atoms. The molecule has 10 heteroatoms. The van der Waals surface area contributed by atoms with Crippen molar-refractivity contribution in [3.05, 3.63) is 111 Å². The van der Waals surface area contributed by atoms with Gasteiger partial charge in [0.25, 0.3) is 0 Å².